The first kappa shape index (κ1) is 21.6. The van der Waals surface area contributed by atoms with Crippen molar-refractivity contribution in [1.29, 1.82) is 0 Å². The SMILES string of the molecule is CCN(CC(=O)N[C@H](Cc1ccccc1)C(C)=O)Cc1ccc(OC)c(F)c1. The van der Waals surface area contributed by atoms with Crippen LogP contribution in [0.5, 0.6) is 5.75 Å². The number of hydrogen-bond donors (Lipinski definition) is 1. The Bertz CT molecular complexity index is 796. The highest BCUT2D eigenvalue weighted by atomic mass is 19.1. The van der Waals surface area contributed by atoms with Crippen LogP contribution in [0.2, 0.25) is 0 Å². The summed E-state index contributed by atoms with van der Waals surface area (Å²) in [6.07, 6.45) is 0.456. The van der Waals surface area contributed by atoms with Crippen LogP contribution in [0.1, 0.15) is 25.0 Å². The fraction of sp³-hybridized carbons (Fsp3) is 0.364. The highest BCUT2D eigenvalue weighted by molar-refractivity contribution is 5.88. The fourth-order valence-electron chi connectivity index (χ4n) is 2.94. The van der Waals surface area contributed by atoms with E-state index in [1.807, 2.05) is 42.2 Å². The molecule has 0 aromatic heterocycles. The lowest BCUT2D eigenvalue weighted by molar-refractivity contribution is -0.127. The van der Waals surface area contributed by atoms with E-state index in [9.17, 15) is 14.0 Å². The first-order valence-electron chi connectivity index (χ1n) is 9.31. The van der Waals surface area contributed by atoms with Gasteiger partial charge in [0.2, 0.25) is 5.91 Å². The lowest BCUT2D eigenvalue weighted by Crippen LogP contribution is -2.45. The average molecular weight is 386 g/mol. The molecule has 5 nitrogen and oxygen atoms in total. The number of likely N-dealkylation sites (N-methyl/N-ethyl adjacent to an activating group) is 1. The quantitative estimate of drug-likeness (QED) is 0.682. The summed E-state index contributed by atoms with van der Waals surface area (Å²) in [7, 11) is 1.42. The molecule has 0 fully saturated rings. The molecule has 0 unspecified atom stereocenters. The molecule has 150 valence electrons. The molecule has 0 aliphatic carbocycles. The Morgan fingerprint density at radius 3 is 2.43 bits per heavy atom. The number of carbonyl (C=O) groups excluding carboxylic acids is 2. The topological polar surface area (TPSA) is 58.6 Å². The zero-order valence-corrected chi connectivity index (χ0v) is 16.6. The van der Waals surface area contributed by atoms with Crippen molar-refractivity contribution in [1.82, 2.24) is 10.2 Å². The molecular weight excluding hydrogens is 359 g/mol. The number of ketones is 1. The van der Waals surface area contributed by atoms with Crippen LogP contribution < -0.4 is 10.1 Å². The van der Waals surface area contributed by atoms with Crippen molar-refractivity contribution >= 4 is 11.7 Å². The van der Waals surface area contributed by atoms with Crippen LogP contribution in [0.25, 0.3) is 0 Å². The summed E-state index contributed by atoms with van der Waals surface area (Å²) in [5.41, 5.74) is 1.74. The molecule has 0 heterocycles. The van der Waals surface area contributed by atoms with E-state index in [-0.39, 0.29) is 24.0 Å². The van der Waals surface area contributed by atoms with Gasteiger partial charge in [0.1, 0.15) is 0 Å². The van der Waals surface area contributed by atoms with Gasteiger partial charge in [-0.25, -0.2) is 4.39 Å². The van der Waals surface area contributed by atoms with Crippen molar-refractivity contribution in [2.75, 3.05) is 20.2 Å². The number of amides is 1. The van der Waals surface area contributed by atoms with Crippen molar-refractivity contribution in [2.45, 2.75) is 32.9 Å². The van der Waals surface area contributed by atoms with Gasteiger partial charge >= 0.3 is 0 Å². The third-order valence-electron chi connectivity index (χ3n) is 4.55. The summed E-state index contributed by atoms with van der Waals surface area (Å²) in [5, 5.41) is 2.82. The van der Waals surface area contributed by atoms with E-state index in [0.717, 1.165) is 11.1 Å². The third-order valence-corrected chi connectivity index (χ3v) is 4.55. The standard InChI is InChI=1S/C22H27FN2O3/c1-4-25(14-18-10-11-21(28-3)19(23)12-18)15-22(27)24-20(16(2)26)13-17-8-6-5-7-9-17/h5-12,20H,4,13-15H2,1-3H3,(H,24,27)/t20-/m1/s1. The molecule has 1 N–H and O–H groups in total. The number of halogens is 1. The first-order valence-corrected chi connectivity index (χ1v) is 9.31. The maximum atomic E-state index is 13.9. The molecule has 0 spiro atoms. The molecule has 28 heavy (non-hydrogen) atoms. The van der Waals surface area contributed by atoms with Crippen LogP contribution in [0.15, 0.2) is 48.5 Å². The van der Waals surface area contributed by atoms with E-state index in [0.29, 0.717) is 19.5 Å². The van der Waals surface area contributed by atoms with Crippen molar-refractivity contribution in [3.8, 4) is 5.75 Å². The van der Waals surface area contributed by atoms with Gasteiger partial charge in [0, 0.05) is 6.54 Å². The minimum atomic E-state index is -0.563. The minimum Gasteiger partial charge on any atom is -0.494 e. The van der Waals surface area contributed by atoms with Gasteiger partial charge in [-0.05, 0) is 43.1 Å². The van der Waals surface area contributed by atoms with E-state index in [2.05, 4.69) is 5.32 Å². The van der Waals surface area contributed by atoms with E-state index in [1.54, 1.807) is 12.1 Å². The van der Waals surface area contributed by atoms with Crippen molar-refractivity contribution < 1.29 is 18.7 Å². The molecule has 6 heteroatoms. The maximum absolute atomic E-state index is 13.9. The van der Waals surface area contributed by atoms with Gasteiger partial charge in [-0.3, -0.25) is 14.5 Å². The highest BCUT2D eigenvalue weighted by Gasteiger charge is 2.19. The van der Waals surface area contributed by atoms with Gasteiger partial charge in [-0.1, -0.05) is 43.3 Å². The van der Waals surface area contributed by atoms with Gasteiger partial charge in [0.25, 0.3) is 0 Å². The lowest BCUT2D eigenvalue weighted by atomic mass is 10.0. The lowest BCUT2D eigenvalue weighted by Gasteiger charge is -2.22. The van der Waals surface area contributed by atoms with Crippen LogP contribution in [0.4, 0.5) is 4.39 Å². The van der Waals surface area contributed by atoms with E-state index < -0.39 is 11.9 Å². The Kier molecular flexibility index (Phi) is 8.14. The molecule has 1 atom stereocenters. The predicted octanol–water partition coefficient (Wildman–Crippen LogP) is 2.97. The molecule has 2 rings (SSSR count). The largest absolute Gasteiger partial charge is 0.494 e. The van der Waals surface area contributed by atoms with Gasteiger partial charge in [-0.2, -0.15) is 0 Å². The van der Waals surface area contributed by atoms with Crippen molar-refractivity contribution in [3.63, 3.8) is 0 Å². The molecule has 2 aromatic carbocycles. The van der Waals surface area contributed by atoms with E-state index in [4.69, 9.17) is 4.74 Å². The van der Waals surface area contributed by atoms with Crippen LogP contribution >= 0.6 is 0 Å². The number of rotatable bonds is 10. The smallest absolute Gasteiger partial charge is 0.234 e. The summed E-state index contributed by atoms with van der Waals surface area (Å²) < 4.78 is 18.8. The minimum absolute atomic E-state index is 0.0857. The van der Waals surface area contributed by atoms with Gasteiger partial charge in [0.05, 0.1) is 19.7 Å². The van der Waals surface area contributed by atoms with E-state index in [1.165, 1.54) is 20.1 Å². The third kappa shape index (κ3) is 6.46. The molecule has 2 aromatic rings. The Balaban J connectivity index is 1.96. The van der Waals surface area contributed by atoms with Crippen LogP contribution in [-0.2, 0) is 22.6 Å². The number of Topliss-reactive ketones (excluding diaryl/α,β-unsaturated/α-hetero) is 1. The number of ether oxygens (including phenoxy) is 1. The van der Waals surface area contributed by atoms with Crippen molar-refractivity contribution in [2.24, 2.45) is 0 Å². The molecule has 0 radical (unpaired) electrons. The number of nitrogens with zero attached hydrogens (tertiary/aromatic N) is 1. The highest BCUT2D eigenvalue weighted by Crippen LogP contribution is 2.18. The summed E-state index contributed by atoms with van der Waals surface area (Å²) in [6.45, 7) is 4.58. The monoisotopic (exact) mass is 386 g/mol. The zero-order valence-electron chi connectivity index (χ0n) is 16.6. The summed E-state index contributed by atoms with van der Waals surface area (Å²) >= 11 is 0. The molecule has 0 bridgehead atoms. The summed E-state index contributed by atoms with van der Waals surface area (Å²) in [5.74, 6) is -0.556. The number of nitrogens with one attached hydrogen (secondary N) is 1. The molecule has 0 saturated carbocycles. The second kappa shape index (κ2) is 10.6. The first-order chi connectivity index (χ1) is 13.4. The molecular formula is C22H27FN2O3. The number of hydrogen-bond acceptors (Lipinski definition) is 4. The molecule has 0 aliphatic rings. The molecule has 0 aliphatic heterocycles. The van der Waals surface area contributed by atoms with Crippen LogP contribution in [0, 0.1) is 5.82 Å². The second-order valence-corrected chi connectivity index (χ2v) is 6.69. The van der Waals surface area contributed by atoms with Crippen LogP contribution in [-0.4, -0.2) is 42.8 Å². The Morgan fingerprint density at radius 2 is 1.86 bits per heavy atom. The van der Waals surface area contributed by atoms with E-state index >= 15 is 0 Å². The summed E-state index contributed by atoms with van der Waals surface area (Å²) in [6, 6.07) is 13.8. The molecule has 0 saturated heterocycles. The van der Waals surface area contributed by atoms with Gasteiger partial charge in [0.15, 0.2) is 17.3 Å². The Morgan fingerprint density at radius 1 is 1.14 bits per heavy atom. The predicted molar refractivity (Wildman–Crippen MR) is 107 cm³/mol. The Hall–Kier alpha value is -2.73. The number of benzene rings is 2. The normalized spacial score (nSPS) is 11.9. The maximum Gasteiger partial charge on any atom is 0.234 e. The van der Waals surface area contributed by atoms with Crippen molar-refractivity contribution in [3.05, 3.63) is 65.5 Å². The van der Waals surface area contributed by atoms with Crippen LogP contribution in [0.3, 0.4) is 0 Å². The number of carbonyl (C=O) groups is 2. The number of methoxy groups -OCH3 is 1. The Labute approximate surface area is 165 Å². The summed E-state index contributed by atoms with van der Waals surface area (Å²) in [4.78, 5) is 26.3. The van der Waals surface area contributed by atoms with Gasteiger partial charge < -0.3 is 10.1 Å². The second-order valence-electron chi connectivity index (χ2n) is 6.69. The average Bonchev–Trinajstić information content (AvgIpc) is 2.67. The van der Waals surface area contributed by atoms with Gasteiger partial charge in [-0.15, -0.1) is 0 Å². The molecule has 1 amide bonds. The fourth-order valence-corrected chi connectivity index (χ4v) is 2.94. The zero-order chi connectivity index (χ0) is 20.5.